The number of nitro benzene ring substituents is 1. The Kier molecular flexibility index (Phi) is 4.59. The summed E-state index contributed by atoms with van der Waals surface area (Å²) in [6, 6.07) is 10.2. The van der Waals surface area contributed by atoms with E-state index >= 15 is 0 Å². The topological polar surface area (TPSA) is 78.4 Å². The molecule has 0 aliphatic rings. The first kappa shape index (κ1) is 15.5. The first-order valence-electron chi connectivity index (χ1n) is 6.36. The standard InChI is InChI=1S/C15H15BrN2O3/c1-9-7-12(4-5-14(9)18(19)20)21-15-6-3-11(10(2)17)8-13(15)16/h3-8,10H,17H2,1-2H3. The van der Waals surface area contributed by atoms with Gasteiger partial charge in [-0.2, -0.15) is 0 Å². The van der Waals surface area contributed by atoms with Crippen LogP contribution in [0.5, 0.6) is 11.5 Å². The van der Waals surface area contributed by atoms with Crippen molar-refractivity contribution in [1.29, 1.82) is 0 Å². The largest absolute Gasteiger partial charge is 0.456 e. The molecule has 0 heterocycles. The number of halogens is 1. The van der Waals surface area contributed by atoms with E-state index in [2.05, 4.69) is 15.9 Å². The molecule has 1 unspecified atom stereocenters. The van der Waals surface area contributed by atoms with E-state index in [1.165, 1.54) is 6.07 Å². The predicted molar refractivity (Wildman–Crippen MR) is 84.7 cm³/mol. The summed E-state index contributed by atoms with van der Waals surface area (Å²) in [5.74, 6) is 1.18. The van der Waals surface area contributed by atoms with Crippen molar-refractivity contribution in [2.75, 3.05) is 0 Å². The van der Waals surface area contributed by atoms with E-state index < -0.39 is 4.92 Å². The Bertz CT molecular complexity index is 687. The van der Waals surface area contributed by atoms with E-state index in [0.29, 0.717) is 17.1 Å². The summed E-state index contributed by atoms with van der Waals surface area (Å²) in [5, 5.41) is 10.8. The van der Waals surface area contributed by atoms with Crippen LogP contribution in [0.25, 0.3) is 0 Å². The van der Waals surface area contributed by atoms with Crippen LogP contribution in [0.15, 0.2) is 40.9 Å². The number of ether oxygens (including phenoxy) is 1. The minimum atomic E-state index is -0.410. The van der Waals surface area contributed by atoms with Crippen LogP contribution in [0.4, 0.5) is 5.69 Å². The van der Waals surface area contributed by atoms with Gasteiger partial charge in [-0.25, -0.2) is 0 Å². The van der Waals surface area contributed by atoms with Gasteiger partial charge in [0, 0.05) is 17.7 Å². The lowest BCUT2D eigenvalue weighted by Crippen LogP contribution is -2.04. The first-order valence-corrected chi connectivity index (χ1v) is 7.15. The van der Waals surface area contributed by atoms with E-state index in [9.17, 15) is 10.1 Å². The van der Waals surface area contributed by atoms with Crippen LogP contribution in [-0.4, -0.2) is 4.92 Å². The highest BCUT2D eigenvalue weighted by atomic mass is 79.9. The first-order chi connectivity index (χ1) is 9.88. The van der Waals surface area contributed by atoms with Crippen molar-refractivity contribution in [2.24, 2.45) is 5.73 Å². The second-order valence-corrected chi connectivity index (χ2v) is 5.64. The molecule has 110 valence electrons. The highest BCUT2D eigenvalue weighted by Gasteiger charge is 2.12. The van der Waals surface area contributed by atoms with E-state index in [4.69, 9.17) is 10.5 Å². The van der Waals surface area contributed by atoms with Crippen molar-refractivity contribution in [3.63, 3.8) is 0 Å². The molecule has 2 N–H and O–H groups in total. The van der Waals surface area contributed by atoms with Gasteiger partial charge in [0.2, 0.25) is 0 Å². The van der Waals surface area contributed by atoms with Crippen LogP contribution in [0.2, 0.25) is 0 Å². The van der Waals surface area contributed by atoms with Crippen molar-refractivity contribution < 1.29 is 9.66 Å². The van der Waals surface area contributed by atoms with Gasteiger partial charge >= 0.3 is 0 Å². The molecule has 2 aromatic rings. The molecular formula is C15H15BrN2O3. The molecule has 2 aromatic carbocycles. The molecule has 0 fully saturated rings. The Labute approximate surface area is 131 Å². The molecule has 0 radical (unpaired) electrons. The molecule has 21 heavy (non-hydrogen) atoms. The van der Waals surface area contributed by atoms with Gasteiger partial charge in [0.1, 0.15) is 11.5 Å². The summed E-state index contributed by atoms with van der Waals surface area (Å²) >= 11 is 3.44. The quantitative estimate of drug-likeness (QED) is 0.651. The molecule has 0 saturated heterocycles. The zero-order valence-corrected chi connectivity index (χ0v) is 13.3. The maximum atomic E-state index is 10.8. The van der Waals surface area contributed by atoms with Crippen LogP contribution in [-0.2, 0) is 0 Å². The van der Waals surface area contributed by atoms with Crippen LogP contribution in [0.1, 0.15) is 24.1 Å². The van der Waals surface area contributed by atoms with E-state index in [0.717, 1.165) is 10.0 Å². The van der Waals surface area contributed by atoms with E-state index in [-0.39, 0.29) is 11.7 Å². The maximum absolute atomic E-state index is 10.8. The van der Waals surface area contributed by atoms with Gasteiger partial charge in [-0.05, 0) is 59.6 Å². The Morgan fingerprint density at radius 2 is 2.00 bits per heavy atom. The van der Waals surface area contributed by atoms with Crippen molar-refractivity contribution >= 4 is 21.6 Å². The summed E-state index contributed by atoms with van der Waals surface area (Å²) < 4.78 is 6.53. The zero-order valence-electron chi connectivity index (χ0n) is 11.7. The molecular weight excluding hydrogens is 336 g/mol. The number of nitrogens with zero attached hydrogens (tertiary/aromatic N) is 1. The van der Waals surface area contributed by atoms with Crippen LogP contribution in [0, 0.1) is 17.0 Å². The van der Waals surface area contributed by atoms with Crippen molar-refractivity contribution in [1.82, 2.24) is 0 Å². The van der Waals surface area contributed by atoms with Gasteiger partial charge in [-0.3, -0.25) is 10.1 Å². The molecule has 0 aliphatic carbocycles. The van der Waals surface area contributed by atoms with Gasteiger partial charge in [0.15, 0.2) is 0 Å². The van der Waals surface area contributed by atoms with Crippen molar-refractivity contribution in [3.8, 4) is 11.5 Å². The highest BCUT2D eigenvalue weighted by Crippen LogP contribution is 2.33. The van der Waals surface area contributed by atoms with Gasteiger partial charge < -0.3 is 10.5 Å². The summed E-state index contributed by atoms with van der Waals surface area (Å²) in [6.45, 7) is 3.58. The lowest BCUT2D eigenvalue weighted by atomic mass is 10.1. The van der Waals surface area contributed by atoms with Gasteiger partial charge in [-0.1, -0.05) is 6.07 Å². The summed E-state index contributed by atoms with van der Waals surface area (Å²) in [5.41, 5.74) is 7.45. The third kappa shape index (κ3) is 3.59. The Hall–Kier alpha value is -1.92. The van der Waals surface area contributed by atoms with Crippen LogP contribution >= 0.6 is 15.9 Å². The van der Waals surface area contributed by atoms with Crippen LogP contribution in [0.3, 0.4) is 0 Å². The number of benzene rings is 2. The minimum Gasteiger partial charge on any atom is -0.456 e. The van der Waals surface area contributed by atoms with Crippen molar-refractivity contribution in [3.05, 3.63) is 62.1 Å². The summed E-state index contributed by atoms with van der Waals surface area (Å²) in [7, 11) is 0. The fourth-order valence-corrected chi connectivity index (χ4v) is 2.38. The molecule has 0 saturated carbocycles. The molecule has 0 amide bonds. The Balaban J connectivity index is 2.26. The molecule has 0 aliphatic heterocycles. The predicted octanol–water partition coefficient (Wildman–Crippen LogP) is 4.48. The normalized spacial score (nSPS) is 12.0. The van der Waals surface area contributed by atoms with Gasteiger partial charge in [-0.15, -0.1) is 0 Å². The number of aryl methyl sites for hydroxylation is 1. The molecule has 1 atom stereocenters. The average Bonchev–Trinajstić information content (AvgIpc) is 2.40. The lowest BCUT2D eigenvalue weighted by molar-refractivity contribution is -0.385. The number of rotatable bonds is 4. The van der Waals surface area contributed by atoms with Crippen LogP contribution < -0.4 is 10.5 Å². The fraction of sp³-hybridized carbons (Fsp3) is 0.200. The van der Waals surface area contributed by atoms with E-state index in [1.54, 1.807) is 19.1 Å². The molecule has 0 spiro atoms. The molecule has 6 heteroatoms. The highest BCUT2D eigenvalue weighted by molar-refractivity contribution is 9.10. The fourth-order valence-electron chi connectivity index (χ4n) is 1.91. The number of nitrogens with two attached hydrogens (primary N) is 1. The second-order valence-electron chi connectivity index (χ2n) is 4.79. The lowest BCUT2D eigenvalue weighted by Gasteiger charge is -2.11. The maximum Gasteiger partial charge on any atom is 0.272 e. The van der Waals surface area contributed by atoms with E-state index in [1.807, 2.05) is 25.1 Å². The number of nitro groups is 1. The minimum absolute atomic E-state index is 0.0584. The van der Waals surface area contributed by atoms with Gasteiger partial charge in [0.25, 0.3) is 5.69 Å². The molecule has 2 rings (SSSR count). The number of hydrogen-bond acceptors (Lipinski definition) is 4. The third-order valence-electron chi connectivity index (χ3n) is 3.07. The SMILES string of the molecule is Cc1cc(Oc2ccc(C(C)N)cc2Br)ccc1[N+](=O)[O-]. The third-order valence-corrected chi connectivity index (χ3v) is 3.69. The van der Waals surface area contributed by atoms with Gasteiger partial charge in [0.05, 0.1) is 9.40 Å². The smallest absolute Gasteiger partial charge is 0.272 e. The monoisotopic (exact) mass is 350 g/mol. The Morgan fingerprint density at radius 1 is 1.29 bits per heavy atom. The zero-order chi connectivity index (χ0) is 15.6. The summed E-state index contributed by atoms with van der Waals surface area (Å²) in [4.78, 5) is 10.4. The molecule has 0 aromatic heterocycles. The summed E-state index contributed by atoms with van der Waals surface area (Å²) in [6.07, 6.45) is 0. The number of hydrogen-bond donors (Lipinski definition) is 1. The Morgan fingerprint density at radius 3 is 2.52 bits per heavy atom. The molecule has 0 bridgehead atoms. The van der Waals surface area contributed by atoms with Crippen molar-refractivity contribution in [2.45, 2.75) is 19.9 Å². The second kappa shape index (κ2) is 6.24. The average molecular weight is 351 g/mol. The molecule has 5 nitrogen and oxygen atoms in total.